The Morgan fingerprint density at radius 2 is 1.62 bits per heavy atom. The molecule has 16 heteroatoms. The Labute approximate surface area is 304 Å². The zero-order valence-electron chi connectivity index (χ0n) is 29.5. The number of nitrogens with one attached hydrogen (secondary N) is 2. The average molecular weight is 723 g/mol. The highest BCUT2D eigenvalue weighted by atomic mass is 16.3. The summed E-state index contributed by atoms with van der Waals surface area (Å²) in [5.41, 5.74) is 2.43. The van der Waals surface area contributed by atoms with Gasteiger partial charge < -0.3 is 25.7 Å². The number of imide groups is 1. The van der Waals surface area contributed by atoms with Crippen molar-refractivity contribution in [3.63, 3.8) is 0 Å². The monoisotopic (exact) mass is 722 g/mol. The number of carbonyl (C=O) groups excluding carboxylic acids is 6. The van der Waals surface area contributed by atoms with E-state index >= 15 is 0 Å². The number of fused-ring (bicyclic) bond motifs is 1. The smallest absolute Gasteiger partial charge is 0.289 e. The lowest BCUT2D eigenvalue weighted by molar-refractivity contribution is -0.163. The van der Waals surface area contributed by atoms with Crippen LogP contribution in [0.5, 0.6) is 11.5 Å². The van der Waals surface area contributed by atoms with E-state index in [1.54, 1.807) is 43.3 Å². The molecule has 0 radical (unpaired) electrons. The third-order valence-electron chi connectivity index (χ3n) is 9.03. The molecule has 2 aliphatic rings. The van der Waals surface area contributed by atoms with Gasteiger partial charge in [0.15, 0.2) is 5.82 Å². The molecule has 53 heavy (non-hydrogen) atoms. The van der Waals surface area contributed by atoms with Crippen molar-refractivity contribution >= 4 is 41.1 Å². The number of phenolic OH excluding ortho intramolecular Hbond substituents is 2. The van der Waals surface area contributed by atoms with Crippen LogP contribution in [0.15, 0.2) is 54.6 Å². The molecule has 274 valence electrons. The summed E-state index contributed by atoms with van der Waals surface area (Å²) in [6.45, 7) is 5.40. The van der Waals surface area contributed by atoms with E-state index in [-0.39, 0.29) is 71.7 Å². The van der Waals surface area contributed by atoms with Crippen LogP contribution in [0.2, 0.25) is 0 Å². The first-order valence-electron chi connectivity index (χ1n) is 17.1. The normalized spacial score (nSPS) is 14.1. The van der Waals surface area contributed by atoms with Crippen molar-refractivity contribution in [2.24, 2.45) is 0 Å². The van der Waals surface area contributed by atoms with Gasteiger partial charge in [-0.2, -0.15) is 5.01 Å². The summed E-state index contributed by atoms with van der Waals surface area (Å²) in [6, 6.07) is 13.7. The fourth-order valence-corrected chi connectivity index (χ4v) is 6.38. The van der Waals surface area contributed by atoms with Crippen molar-refractivity contribution in [2.45, 2.75) is 52.5 Å². The second kappa shape index (κ2) is 14.6. The molecule has 0 spiro atoms. The van der Waals surface area contributed by atoms with Crippen LogP contribution in [0, 0.1) is 0 Å². The molecule has 1 saturated heterocycles. The molecule has 6 amide bonds. The van der Waals surface area contributed by atoms with Gasteiger partial charge in [0.25, 0.3) is 17.7 Å². The Balaban J connectivity index is 1.19. The molecule has 6 rings (SSSR count). The maximum Gasteiger partial charge on any atom is 0.289 e. The van der Waals surface area contributed by atoms with Gasteiger partial charge in [-0.1, -0.05) is 19.9 Å². The van der Waals surface area contributed by atoms with E-state index in [9.17, 15) is 39.0 Å². The predicted molar refractivity (Wildman–Crippen MR) is 190 cm³/mol. The molecule has 3 heterocycles. The molecule has 4 aromatic rings. The van der Waals surface area contributed by atoms with Gasteiger partial charge in [0, 0.05) is 60.6 Å². The predicted octanol–water partition coefficient (Wildman–Crippen LogP) is 3.34. The van der Waals surface area contributed by atoms with Crippen molar-refractivity contribution in [3.8, 4) is 28.6 Å². The lowest BCUT2D eigenvalue weighted by atomic mass is 9.98. The van der Waals surface area contributed by atoms with Gasteiger partial charge in [0.05, 0.1) is 18.7 Å². The highest BCUT2D eigenvalue weighted by Crippen LogP contribution is 2.38. The van der Waals surface area contributed by atoms with Gasteiger partial charge in [-0.3, -0.25) is 33.3 Å². The number of hydrogen-bond donors (Lipinski definition) is 4. The zero-order valence-corrected chi connectivity index (χ0v) is 29.5. The number of aromatic nitrogens is 3. The van der Waals surface area contributed by atoms with Crippen molar-refractivity contribution < 1.29 is 39.0 Å². The molecule has 0 saturated carbocycles. The summed E-state index contributed by atoms with van der Waals surface area (Å²) in [6.07, 6.45) is 0.733. The minimum Gasteiger partial charge on any atom is -0.508 e. The molecule has 0 atom stereocenters. The van der Waals surface area contributed by atoms with Crippen LogP contribution in [-0.4, -0.2) is 95.5 Å². The van der Waals surface area contributed by atoms with Gasteiger partial charge in [-0.25, -0.2) is 5.01 Å². The summed E-state index contributed by atoms with van der Waals surface area (Å²) in [5, 5.41) is 36.9. The maximum absolute atomic E-state index is 13.4. The average Bonchev–Trinajstić information content (AvgIpc) is 3.70. The minimum absolute atomic E-state index is 0.0698. The second-order valence-corrected chi connectivity index (χ2v) is 13.0. The van der Waals surface area contributed by atoms with Gasteiger partial charge in [-0.15, -0.1) is 10.2 Å². The summed E-state index contributed by atoms with van der Waals surface area (Å²) in [5.74, 6) is -3.38. The SMILES string of the molecule is CCNC(=O)c1nnc(-c2cc(C(C)C)c(O)cc2O)n1-c1ccc(C(=O)N(C)CC(=O)Nc2cccc3c2CN(N2C(=O)CCCC2=O)C3=O)cc1. The minimum atomic E-state index is -0.544. The quantitative estimate of drug-likeness (QED) is 0.176. The van der Waals surface area contributed by atoms with Gasteiger partial charge >= 0.3 is 0 Å². The first kappa shape index (κ1) is 36.2. The standard InChI is InChI=1S/C37H38N8O8/c1-5-38-35(51)34-41-40-33(25-16-24(20(2)3)28(46)17-29(25)47)44(34)22-14-12-21(13-15-22)36(52)42(4)19-30(48)39-27-9-6-8-23-26(27)18-43(37(23)53)45-31(49)10-7-11-32(45)50/h6,8-9,12-17,20,46-47H,5,7,10-11,18-19H2,1-4H3,(H,38,51)(H,39,48). The molecule has 0 unspecified atom stereocenters. The van der Waals surface area contributed by atoms with E-state index in [0.717, 1.165) is 10.0 Å². The number of anilines is 1. The highest BCUT2D eigenvalue weighted by molar-refractivity contribution is 6.07. The number of amides is 6. The number of rotatable bonds is 10. The van der Waals surface area contributed by atoms with Gasteiger partial charge in [0.2, 0.25) is 23.5 Å². The van der Waals surface area contributed by atoms with Crippen LogP contribution in [0.1, 0.15) is 88.4 Å². The molecular formula is C37H38N8O8. The number of likely N-dealkylation sites (N-methyl/N-ethyl adjacent to an activating group) is 1. The second-order valence-electron chi connectivity index (χ2n) is 13.0. The Bertz CT molecular complexity index is 2140. The molecule has 0 bridgehead atoms. The Morgan fingerprint density at radius 1 is 0.925 bits per heavy atom. The van der Waals surface area contributed by atoms with E-state index in [2.05, 4.69) is 20.8 Å². The summed E-state index contributed by atoms with van der Waals surface area (Å²) < 4.78 is 1.44. The largest absolute Gasteiger partial charge is 0.508 e. The van der Waals surface area contributed by atoms with Crippen LogP contribution in [-0.2, 0) is 20.9 Å². The van der Waals surface area contributed by atoms with E-state index in [4.69, 9.17) is 0 Å². The van der Waals surface area contributed by atoms with E-state index in [1.807, 2.05) is 13.8 Å². The van der Waals surface area contributed by atoms with Crippen LogP contribution >= 0.6 is 0 Å². The Morgan fingerprint density at radius 3 is 2.28 bits per heavy atom. The molecule has 1 aromatic heterocycles. The molecule has 16 nitrogen and oxygen atoms in total. The summed E-state index contributed by atoms with van der Waals surface area (Å²) in [4.78, 5) is 79.0. The van der Waals surface area contributed by atoms with E-state index < -0.39 is 35.4 Å². The maximum atomic E-state index is 13.4. The number of benzene rings is 3. The number of phenols is 2. The van der Waals surface area contributed by atoms with Crippen LogP contribution < -0.4 is 10.6 Å². The topological polar surface area (TPSA) is 207 Å². The van der Waals surface area contributed by atoms with Crippen molar-refractivity contribution in [2.75, 3.05) is 25.5 Å². The van der Waals surface area contributed by atoms with Crippen LogP contribution in [0.3, 0.4) is 0 Å². The van der Waals surface area contributed by atoms with Crippen LogP contribution in [0.4, 0.5) is 5.69 Å². The van der Waals surface area contributed by atoms with Crippen LogP contribution in [0.25, 0.3) is 17.1 Å². The first-order chi connectivity index (χ1) is 25.3. The fourth-order valence-electron chi connectivity index (χ4n) is 6.38. The number of carbonyl (C=O) groups is 6. The fraction of sp³-hybridized carbons (Fsp3) is 0.297. The van der Waals surface area contributed by atoms with Gasteiger partial charge in [0.1, 0.15) is 11.5 Å². The number of piperidine rings is 1. The molecule has 4 N–H and O–H groups in total. The van der Waals surface area contributed by atoms with Crippen molar-refractivity contribution in [3.05, 3.63) is 82.7 Å². The number of aromatic hydroxyl groups is 2. The van der Waals surface area contributed by atoms with E-state index in [0.29, 0.717) is 35.5 Å². The first-order valence-corrected chi connectivity index (χ1v) is 17.1. The molecule has 2 aliphatic heterocycles. The van der Waals surface area contributed by atoms with Gasteiger partial charge in [-0.05, 0) is 67.3 Å². The van der Waals surface area contributed by atoms with Crippen molar-refractivity contribution in [1.82, 2.24) is 35.0 Å². The Hall–Kier alpha value is -6.58. The molecule has 0 aliphatic carbocycles. The molecular weight excluding hydrogens is 684 g/mol. The number of hydrazine groups is 1. The molecule has 3 aromatic carbocycles. The number of hydrogen-bond acceptors (Lipinski definition) is 10. The molecule has 1 fully saturated rings. The zero-order chi connectivity index (χ0) is 38.1. The van der Waals surface area contributed by atoms with E-state index in [1.165, 1.54) is 34.7 Å². The third-order valence-corrected chi connectivity index (χ3v) is 9.03. The number of nitrogens with zero attached hydrogens (tertiary/aromatic N) is 6. The summed E-state index contributed by atoms with van der Waals surface area (Å²) in [7, 11) is 1.45. The summed E-state index contributed by atoms with van der Waals surface area (Å²) >= 11 is 0. The lowest BCUT2D eigenvalue weighted by Crippen LogP contribution is -2.52. The lowest BCUT2D eigenvalue weighted by Gasteiger charge is -2.32. The van der Waals surface area contributed by atoms with Crippen molar-refractivity contribution in [1.29, 1.82) is 0 Å². The Kier molecular flexibility index (Phi) is 9.96. The highest BCUT2D eigenvalue weighted by Gasteiger charge is 2.40. The third kappa shape index (κ3) is 6.90.